The van der Waals surface area contributed by atoms with E-state index in [1.54, 1.807) is 6.07 Å². The predicted molar refractivity (Wildman–Crippen MR) is 72.7 cm³/mol. The Morgan fingerprint density at radius 2 is 1.68 bits per heavy atom. The minimum absolute atomic E-state index is 0.288. The molecular weight excluding hydrogens is 238 g/mol. The van der Waals surface area contributed by atoms with Crippen LogP contribution in [0.2, 0.25) is 0 Å². The summed E-state index contributed by atoms with van der Waals surface area (Å²) in [5, 5.41) is 20.7. The van der Waals surface area contributed by atoms with E-state index in [9.17, 15) is 5.11 Å². The highest BCUT2D eigenvalue weighted by atomic mass is 16.3. The van der Waals surface area contributed by atoms with Crippen molar-refractivity contribution in [1.29, 1.82) is 0 Å². The first kappa shape index (κ1) is 11.5. The van der Waals surface area contributed by atoms with E-state index in [4.69, 9.17) is 0 Å². The number of nitrogens with one attached hydrogen (secondary N) is 1. The number of para-hydroxylation sites is 1. The van der Waals surface area contributed by atoms with Crippen molar-refractivity contribution in [2.24, 2.45) is 0 Å². The molecule has 1 aromatic heterocycles. The van der Waals surface area contributed by atoms with Crippen molar-refractivity contribution in [2.45, 2.75) is 6.42 Å². The Morgan fingerprint density at radius 1 is 0.947 bits per heavy atom. The summed E-state index contributed by atoms with van der Waals surface area (Å²) in [6.07, 6.45) is 0.573. The topological polar surface area (TPSA) is 61.8 Å². The number of phenols is 1. The molecule has 3 aromatic rings. The van der Waals surface area contributed by atoms with Crippen LogP contribution in [0.15, 0.2) is 54.6 Å². The molecule has 2 aromatic carbocycles. The van der Waals surface area contributed by atoms with Gasteiger partial charge in [0, 0.05) is 12.0 Å². The van der Waals surface area contributed by atoms with Crippen LogP contribution in [0.25, 0.3) is 11.3 Å². The molecule has 19 heavy (non-hydrogen) atoms. The zero-order chi connectivity index (χ0) is 13.1. The van der Waals surface area contributed by atoms with Gasteiger partial charge in [0.1, 0.15) is 11.4 Å². The molecule has 94 valence electrons. The normalized spacial score (nSPS) is 10.5. The molecule has 0 unspecified atom stereocenters. The average Bonchev–Trinajstić information content (AvgIpc) is 2.91. The third kappa shape index (κ3) is 2.33. The Balaban J connectivity index is 1.96. The van der Waals surface area contributed by atoms with Crippen LogP contribution in [0.1, 0.15) is 11.3 Å². The first-order valence-corrected chi connectivity index (χ1v) is 6.07. The van der Waals surface area contributed by atoms with Crippen molar-refractivity contribution in [1.82, 2.24) is 15.4 Å². The fraction of sp³-hybridized carbons (Fsp3) is 0.0667. The molecule has 0 bridgehead atoms. The van der Waals surface area contributed by atoms with Crippen LogP contribution in [0.5, 0.6) is 5.75 Å². The summed E-state index contributed by atoms with van der Waals surface area (Å²) in [5.74, 6) is 0.288. The lowest BCUT2D eigenvalue weighted by Crippen LogP contribution is -1.92. The quantitative estimate of drug-likeness (QED) is 0.752. The van der Waals surface area contributed by atoms with Gasteiger partial charge in [-0.1, -0.05) is 53.7 Å². The van der Waals surface area contributed by atoms with Crippen molar-refractivity contribution in [3.63, 3.8) is 0 Å². The Bertz CT molecular complexity index is 677. The minimum atomic E-state index is 0.288. The van der Waals surface area contributed by atoms with E-state index >= 15 is 0 Å². The van der Waals surface area contributed by atoms with E-state index in [1.807, 2.05) is 48.5 Å². The van der Waals surface area contributed by atoms with Gasteiger partial charge in [-0.2, -0.15) is 0 Å². The van der Waals surface area contributed by atoms with Crippen LogP contribution in [0, 0.1) is 0 Å². The van der Waals surface area contributed by atoms with Gasteiger partial charge in [0.2, 0.25) is 0 Å². The molecule has 0 aliphatic rings. The van der Waals surface area contributed by atoms with Gasteiger partial charge in [-0.15, -0.1) is 5.10 Å². The zero-order valence-corrected chi connectivity index (χ0v) is 10.2. The number of hydrogen-bond acceptors (Lipinski definition) is 3. The molecule has 4 heteroatoms. The van der Waals surface area contributed by atoms with Gasteiger partial charge in [-0.25, -0.2) is 0 Å². The largest absolute Gasteiger partial charge is 0.508 e. The van der Waals surface area contributed by atoms with Crippen LogP contribution < -0.4 is 0 Å². The predicted octanol–water partition coefficient (Wildman–Crippen LogP) is 2.77. The van der Waals surface area contributed by atoms with Gasteiger partial charge < -0.3 is 5.11 Å². The third-order valence-electron chi connectivity index (χ3n) is 3.03. The van der Waals surface area contributed by atoms with E-state index in [2.05, 4.69) is 15.4 Å². The third-order valence-corrected chi connectivity index (χ3v) is 3.03. The van der Waals surface area contributed by atoms with Gasteiger partial charge in [0.25, 0.3) is 0 Å². The highest BCUT2D eigenvalue weighted by molar-refractivity contribution is 5.61. The van der Waals surface area contributed by atoms with E-state index in [0.29, 0.717) is 6.42 Å². The van der Waals surface area contributed by atoms with Gasteiger partial charge in [-0.3, -0.25) is 5.10 Å². The summed E-state index contributed by atoms with van der Waals surface area (Å²) in [5.41, 5.74) is 3.59. The molecule has 0 spiro atoms. The first-order chi connectivity index (χ1) is 9.34. The molecule has 0 atom stereocenters. The second kappa shape index (κ2) is 4.94. The Hall–Kier alpha value is -2.62. The number of aromatic nitrogens is 3. The number of hydrogen-bond donors (Lipinski definition) is 2. The number of phenolic OH excluding ortho intramolecular Hbond substituents is 1. The van der Waals surface area contributed by atoms with Gasteiger partial charge in [-0.05, 0) is 11.6 Å². The van der Waals surface area contributed by atoms with Crippen molar-refractivity contribution in [2.75, 3.05) is 0 Å². The Labute approximate surface area is 110 Å². The maximum atomic E-state index is 9.82. The fourth-order valence-electron chi connectivity index (χ4n) is 2.05. The number of rotatable bonds is 3. The molecule has 3 rings (SSSR count). The monoisotopic (exact) mass is 251 g/mol. The zero-order valence-electron chi connectivity index (χ0n) is 10.2. The molecule has 0 aliphatic carbocycles. The average molecular weight is 251 g/mol. The number of aromatic amines is 1. The van der Waals surface area contributed by atoms with Crippen molar-refractivity contribution < 1.29 is 5.11 Å². The smallest absolute Gasteiger partial charge is 0.119 e. The Morgan fingerprint density at radius 3 is 2.47 bits per heavy atom. The molecule has 0 aliphatic heterocycles. The Kier molecular flexibility index (Phi) is 2.98. The maximum absolute atomic E-state index is 9.82. The first-order valence-electron chi connectivity index (χ1n) is 6.07. The van der Waals surface area contributed by atoms with Crippen molar-refractivity contribution in [3.8, 4) is 17.0 Å². The molecule has 0 fully saturated rings. The van der Waals surface area contributed by atoms with Gasteiger partial charge in [0.15, 0.2) is 0 Å². The molecule has 0 saturated carbocycles. The van der Waals surface area contributed by atoms with Crippen LogP contribution in [-0.4, -0.2) is 20.5 Å². The number of nitrogens with zero attached hydrogens (tertiary/aromatic N) is 2. The number of benzene rings is 2. The summed E-state index contributed by atoms with van der Waals surface area (Å²) < 4.78 is 0. The maximum Gasteiger partial charge on any atom is 0.119 e. The van der Waals surface area contributed by atoms with E-state index in [-0.39, 0.29) is 5.75 Å². The molecule has 2 N–H and O–H groups in total. The lowest BCUT2D eigenvalue weighted by Gasteiger charge is -2.04. The summed E-state index contributed by atoms with van der Waals surface area (Å²) in [6, 6.07) is 17.2. The van der Waals surface area contributed by atoms with E-state index < -0.39 is 0 Å². The molecule has 4 nitrogen and oxygen atoms in total. The minimum Gasteiger partial charge on any atom is -0.508 e. The summed E-state index contributed by atoms with van der Waals surface area (Å²) in [7, 11) is 0. The van der Waals surface area contributed by atoms with Crippen LogP contribution in [-0.2, 0) is 6.42 Å². The second-order valence-corrected chi connectivity index (χ2v) is 4.31. The van der Waals surface area contributed by atoms with Gasteiger partial charge >= 0.3 is 0 Å². The fourth-order valence-corrected chi connectivity index (χ4v) is 2.05. The second-order valence-electron chi connectivity index (χ2n) is 4.31. The van der Waals surface area contributed by atoms with Crippen LogP contribution in [0.3, 0.4) is 0 Å². The SMILES string of the molecule is Oc1ccccc1Cc1[nH]nnc1-c1ccccc1. The summed E-state index contributed by atoms with van der Waals surface area (Å²) in [4.78, 5) is 0. The van der Waals surface area contributed by atoms with E-state index in [0.717, 1.165) is 22.5 Å². The molecule has 0 radical (unpaired) electrons. The van der Waals surface area contributed by atoms with Crippen molar-refractivity contribution >= 4 is 0 Å². The van der Waals surface area contributed by atoms with Gasteiger partial charge in [0.05, 0.1) is 5.69 Å². The lowest BCUT2D eigenvalue weighted by molar-refractivity contribution is 0.469. The molecule has 0 amide bonds. The number of H-pyrrole nitrogens is 1. The summed E-state index contributed by atoms with van der Waals surface area (Å²) >= 11 is 0. The lowest BCUT2D eigenvalue weighted by atomic mass is 10.0. The summed E-state index contributed by atoms with van der Waals surface area (Å²) in [6.45, 7) is 0. The van der Waals surface area contributed by atoms with Crippen LogP contribution >= 0.6 is 0 Å². The standard InChI is InChI=1S/C15H13N3O/c19-14-9-5-4-8-12(14)10-13-15(17-18-16-13)11-6-2-1-3-7-11/h1-9,19H,10H2,(H,16,17,18). The number of aromatic hydroxyl groups is 1. The molecule has 1 heterocycles. The van der Waals surface area contributed by atoms with E-state index in [1.165, 1.54) is 0 Å². The highest BCUT2D eigenvalue weighted by Gasteiger charge is 2.11. The highest BCUT2D eigenvalue weighted by Crippen LogP contribution is 2.24. The van der Waals surface area contributed by atoms with Crippen LogP contribution in [0.4, 0.5) is 0 Å². The van der Waals surface area contributed by atoms with Crippen molar-refractivity contribution in [3.05, 3.63) is 65.9 Å². The molecular formula is C15H13N3O. The molecule has 0 saturated heterocycles.